The molecule has 19 heavy (non-hydrogen) atoms. The summed E-state index contributed by atoms with van der Waals surface area (Å²) in [6, 6.07) is 11.9. The number of rotatable bonds is 2. The Morgan fingerprint density at radius 3 is 2.79 bits per heavy atom. The van der Waals surface area contributed by atoms with Gasteiger partial charge in [0.15, 0.2) is 0 Å². The standard InChI is InChI=1S/C14H12FN3O/c1-19-13-8-9(15)6-7-12(13)18-11-5-3-2-4-10(11)17-14(18)16/h2-8H,1H3,(H2,16,17). The highest BCUT2D eigenvalue weighted by molar-refractivity contribution is 5.81. The minimum atomic E-state index is -0.358. The lowest BCUT2D eigenvalue weighted by Gasteiger charge is -2.11. The average molecular weight is 257 g/mol. The van der Waals surface area contributed by atoms with Gasteiger partial charge in [-0.25, -0.2) is 9.37 Å². The summed E-state index contributed by atoms with van der Waals surface area (Å²) in [6.45, 7) is 0. The molecular weight excluding hydrogens is 245 g/mol. The molecule has 3 aromatic rings. The molecule has 4 nitrogen and oxygen atoms in total. The molecule has 2 aromatic carbocycles. The van der Waals surface area contributed by atoms with E-state index in [2.05, 4.69) is 4.98 Å². The Balaban J connectivity index is 2.33. The number of para-hydroxylation sites is 2. The smallest absolute Gasteiger partial charge is 0.206 e. The number of aromatic nitrogens is 2. The number of benzene rings is 2. The number of nitrogens with two attached hydrogens (primary N) is 1. The third kappa shape index (κ3) is 1.79. The highest BCUT2D eigenvalue weighted by atomic mass is 19.1. The van der Waals surface area contributed by atoms with Crippen molar-refractivity contribution in [3.8, 4) is 11.4 Å². The highest BCUT2D eigenvalue weighted by Gasteiger charge is 2.13. The van der Waals surface area contributed by atoms with Crippen LogP contribution >= 0.6 is 0 Å². The van der Waals surface area contributed by atoms with Crippen molar-refractivity contribution in [2.75, 3.05) is 12.8 Å². The van der Waals surface area contributed by atoms with E-state index in [1.807, 2.05) is 24.3 Å². The number of hydrogen-bond acceptors (Lipinski definition) is 3. The van der Waals surface area contributed by atoms with Crippen LogP contribution in [0, 0.1) is 5.82 Å². The number of nitrogen functional groups attached to an aromatic ring is 1. The number of methoxy groups -OCH3 is 1. The monoisotopic (exact) mass is 257 g/mol. The molecule has 1 aromatic heterocycles. The van der Waals surface area contributed by atoms with Crippen LogP contribution in [0.1, 0.15) is 0 Å². The van der Waals surface area contributed by atoms with E-state index in [1.165, 1.54) is 19.2 Å². The molecule has 0 spiro atoms. The second-order valence-corrected chi connectivity index (χ2v) is 4.11. The van der Waals surface area contributed by atoms with Gasteiger partial charge in [-0.1, -0.05) is 12.1 Å². The van der Waals surface area contributed by atoms with Crippen LogP contribution < -0.4 is 10.5 Å². The molecule has 2 N–H and O–H groups in total. The molecular formula is C14H12FN3O. The summed E-state index contributed by atoms with van der Waals surface area (Å²) >= 11 is 0. The molecule has 96 valence electrons. The second kappa shape index (κ2) is 4.28. The van der Waals surface area contributed by atoms with E-state index < -0.39 is 0 Å². The van der Waals surface area contributed by atoms with Gasteiger partial charge >= 0.3 is 0 Å². The Morgan fingerprint density at radius 2 is 2.00 bits per heavy atom. The van der Waals surface area contributed by atoms with E-state index in [4.69, 9.17) is 10.5 Å². The summed E-state index contributed by atoms with van der Waals surface area (Å²) in [5, 5.41) is 0. The van der Waals surface area contributed by atoms with E-state index in [1.54, 1.807) is 10.6 Å². The van der Waals surface area contributed by atoms with E-state index in [9.17, 15) is 4.39 Å². The van der Waals surface area contributed by atoms with Crippen LogP contribution in [0.3, 0.4) is 0 Å². The number of hydrogen-bond donors (Lipinski definition) is 1. The topological polar surface area (TPSA) is 53.1 Å². The summed E-state index contributed by atoms with van der Waals surface area (Å²) < 4.78 is 20.2. The molecule has 0 atom stereocenters. The summed E-state index contributed by atoms with van der Waals surface area (Å²) in [7, 11) is 1.49. The number of nitrogens with zero attached hydrogens (tertiary/aromatic N) is 2. The Hall–Kier alpha value is -2.56. The first-order chi connectivity index (χ1) is 9.20. The van der Waals surface area contributed by atoms with E-state index in [0.717, 1.165) is 11.0 Å². The van der Waals surface area contributed by atoms with E-state index in [-0.39, 0.29) is 5.82 Å². The first-order valence-corrected chi connectivity index (χ1v) is 5.77. The maximum Gasteiger partial charge on any atom is 0.206 e. The summed E-state index contributed by atoms with van der Waals surface area (Å²) in [5.74, 6) is 0.393. The van der Waals surface area contributed by atoms with E-state index in [0.29, 0.717) is 17.4 Å². The van der Waals surface area contributed by atoms with Crippen molar-refractivity contribution in [1.29, 1.82) is 0 Å². The number of fused-ring (bicyclic) bond motifs is 1. The zero-order chi connectivity index (χ0) is 13.4. The molecule has 0 saturated heterocycles. The van der Waals surface area contributed by atoms with Crippen LogP contribution in [0.4, 0.5) is 10.3 Å². The SMILES string of the molecule is COc1cc(F)ccc1-n1c(N)nc2ccccc21. The number of anilines is 1. The first kappa shape index (κ1) is 11.5. The fraction of sp³-hybridized carbons (Fsp3) is 0.0714. The summed E-state index contributed by atoms with van der Waals surface area (Å²) in [5.41, 5.74) is 8.25. The molecule has 0 amide bonds. The molecule has 0 unspecified atom stereocenters. The Labute approximate surface area is 109 Å². The van der Waals surface area contributed by atoms with Gasteiger partial charge in [0.1, 0.15) is 11.6 Å². The number of halogens is 1. The zero-order valence-corrected chi connectivity index (χ0v) is 10.3. The predicted octanol–water partition coefficient (Wildman–Crippen LogP) is 2.76. The van der Waals surface area contributed by atoms with Gasteiger partial charge in [0.25, 0.3) is 0 Å². The third-order valence-electron chi connectivity index (χ3n) is 2.97. The molecule has 1 heterocycles. The van der Waals surface area contributed by atoms with Crippen molar-refractivity contribution in [2.45, 2.75) is 0 Å². The van der Waals surface area contributed by atoms with Crippen molar-refractivity contribution in [3.05, 3.63) is 48.3 Å². The minimum Gasteiger partial charge on any atom is -0.494 e. The molecule has 0 aliphatic carbocycles. The highest BCUT2D eigenvalue weighted by Crippen LogP contribution is 2.29. The second-order valence-electron chi connectivity index (χ2n) is 4.11. The number of imidazole rings is 1. The number of ether oxygens (including phenoxy) is 1. The molecule has 5 heteroatoms. The third-order valence-corrected chi connectivity index (χ3v) is 2.97. The maximum atomic E-state index is 13.3. The molecule has 0 radical (unpaired) electrons. The van der Waals surface area contributed by atoms with Crippen molar-refractivity contribution in [3.63, 3.8) is 0 Å². The van der Waals surface area contributed by atoms with Gasteiger partial charge in [-0.15, -0.1) is 0 Å². The van der Waals surface area contributed by atoms with Crippen molar-refractivity contribution in [1.82, 2.24) is 9.55 Å². The van der Waals surface area contributed by atoms with Gasteiger partial charge in [-0.3, -0.25) is 4.57 Å². The maximum absolute atomic E-state index is 13.3. The average Bonchev–Trinajstić information content (AvgIpc) is 2.74. The van der Waals surface area contributed by atoms with Crippen LogP contribution in [0.5, 0.6) is 5.75 Å². The lowest BCUT2D eigenvalue weighted by atomic mass is 10.2. The largest absolute Gasteiger partial charge is 0.494 e. The van der Waals surface area contributed by atoms with Gasteiger partial charge in [0, 0.05) is 6.07 Å². The molecule has 0 fully saturated rings. The summed E-state index contributed by atoms with van der Waals surface area (Å²) in [4.78, 5) is 4.28. The van der Waals surface area contributed by atoms with E-state index >= 15 is 0 Å². The molecule has 0 bridgehead atoms. The fourth-order valence-corrected chi connectivity index (χ4v) is 2.13. The van der Waals surface area contributed by atoms with Gasteiger partial charge in [-0.2, -0.15) is 0 Å². The van der Waals surface area contributed by atoms with Crippen LogP contribution in [-0.4, -0.2) is 16.7 Å². The molecule has 0 aliphatic heterocycles. The normalized spacial score (nSPS) is 10.8. The van der Waals surface area contributed by atoms with Crippen LogP contribution in [0.15, 0.2) is 42.5 Å². The zero-order valence-electron chi connectivity index (χ0n) is 10.3. The lowest BCUT2D eigenvalue weighted by molar-refractivity contribution is 0.410. The summed E-state index contributed by atoms with van der Waals surface area (Å²) in [6.07, 6.45) is 0. The van der Waals surface area contributed by atoms with Gasteiger partial charge < -0.3 is 10.5 Å². The predicted molar refractivity (Wildman–Crippen MR) is 72.0 cm³/mol. The fourth-order valence-electron chi connectivity index (χ4n) is 2.13. The van der Waals surface area contributed by atoms with Crippen molar-refractivity contribution < 1.29 is 9.13 Å². The Kier molecular flexibility index (Phi) is 2.59. The molecule has 0 aliphatic rings. The van der Waals surface area contributed by atoms with Crippen LogP contribution in [0.25, 0.3) is 16.7 Å². The minimum absolute atomic E-state index is 0.339. The quantitative estimate of drug-likeness (QED) is 0.768. The first-order valence-electron chi connectivity index (χ1n) is 5.77. The molecule has 3 rings (SSSR count). The Morgan fingerprint density at radius 1 is 1.21 bits per heavy atom. The molecule has 0 saturated carbocycles. The van der Waals surface area contributed by atoms with Gasteiger partial charge in [0.05, 0.1) is 23.8 Å². The van der Waals surface area contributed by atoms with Crippen molar-refractivity contribution >= 4 is 17.0 Å². The van der Waals surface area contributed by atoms with Crippen molar-refractivity contribution in [2.24, 2.45) is 0 Å². The van der Waals surface area contributed by atoms with Crippen LogP contribution in [0.2, 0.25) is 0 Å². The van der Waals surface area contributed by atoms with Gasteiger partial charge in [-0.05, 0) is 24.3 Å². The van der Waals surface area contributed by atoms with Gasteiger partial charge in [0.2, 0.25) is 5.95 Å². The van der Waals surface area contributed by atoms with Crippen LogP contribution in [-0.2, 0) is 0 Å². The Bertz CT molecular complexity index is 752. The lowest BCUT2D eigenvalue weighted by Crippen LogP contribution is -2.03.